The monoisotopic (exact) mass is 519 g/mol. The van der Waals surface area contributed by atoms with Gasteiger partial charge in [0.25, 0.3) is 5.91 Å². The number of alkyl halides is 7. The third-order valence-corrected chi connectivity index (χ3v) is 5.32. The molecule has 0 bridgehead atoms. The van der Waals surface area contributed by atoms with Crippen LogP contribution in [0.1, 0.15) is 24.1 Å². The van der Waals surface area contributed by atoms with Crippen LogP contribution in [0.15, 0.2) is 29.7 Å². The SMILES string of the molecule is Cn1nc(C(F)(F)C(F)(F)F)c(OC(F)F)c1-n1cc(C2=CC(C(=O)NC3CC3)=C(C#N)NC2)cn1. The predicted octanol–water partition coefficient (Wildman–Crippen LogP) is 2.90. The number of aromatic nitrogens is 4. The lowest BCUT2D eigenvalue weighted by molar-refractivity contribution is -0.291. The molecule has 0 spiro atoms. The third-order valence-electron chi connectivity index (χ3n) is 5.32. The number of ether oxygens (including phenoxy) is 1. The fraction of sp³-hybridized carbons (Fsp3) is 0.400. The van der Waals surface area contributed by atoms with Gasteiger partial charge in [0.1, 0.15) is 11.8 Å². The lowest BCUT2D eigenvalue weighted by atomic mass is 10.0. The summed E-state index contributed by atoms with van der Waals surface area (Å²) in [5.74, 6) is -8.31. The highest BCUT2D eigenvalue weighted by atomic mass is 19.4. The number of rotatable bonds is 7. The zero-order valence-corrected chi connectivity index (χ0v) is 18.2. The van der Waals surface area contributed by atoms with Gasteiger partial charge in [-0.25, -0.2) is 9.36 Å². The molecule has 1 aliphatic carbocycles. The Morgan fingerprint density at radius 1 is 1.31 bits per heavy atom. The van der Waals surface area contributed by atoms with E-state index in [-0.39, 0.29) is 29.4 Å². The van der Waals surface area contributed by atoms with Crippen LogP contribution >= 0.6 is 0 Å². The number of hydrogen-bond donors (Lipinski definition) is 2. The van der Waals surface area contributed by atoms with Crippen molar-refractivity contribution in [1.29, 1.82) is 5.26 Å². The summed E-state index contributed by atoms with van der Waals surface area (Å²) in [4.78, 5) is 12.5. The Bertz CT molecular complexity index is 1300. The molecule has 2 aliphatic rings. The number of nitriles is 1. The van der Waals surface area contributed by atoms with E-state index in [0.29, 0.717) is 10.3 Å². The van der Waals surface area contributed by atoms with Gasteiger partial charge in [0.15, 0.2) is 17.3 Å². The van der Waals surface area contributed by atoms with Gasteiger partial charge >= 0.3 is 18.7 Å². The van der Waals surface area contributed by atoms with Crippen molar-refractivity contribution in [2.75, 3.05) is 6.54 Å². The molecule has 2 aromatic rings. The Morgan fingerprint density at radius 3 is 2.58 bits per heavy atom. The molecule has 1 saturated carbocycles. The molecule has 3 heterocycles. The average Bonchev–Trinajstić information content (AvgIpc) is 3.36. The molecule has 9 nitrogen and oxygen atoms in total. The minimum absolute atomic E-state index is 0.00795. The highest BCUT2D eigenvalue weighted by Crippen LogP contribution is 2.48. The van der Waals surface area contributed by atoms with Gasteiger partial charge in [-0.3, -0.25) is 4.79 Å². The molecular weight excluding hydrogens is 503 g/mol. The summed E-state index contributed by atoms with van der Waals surface area (Å²) in [6.07, 6.45) is -0.804. The standard InChI is InChI=1S/C20H16F7N7O2/c1-33-17(14(36-18(21)22)15(32-33)19(23,24)20(25,26)27)34-8-10(7-30-34)9-4-12(13(5-28)29-6-9)16(35)31-11-2-3-11/h4,7-8,11,18,29H,2-3,6H2,1H3,(H,31,35). The molecule has 0 atom stereocenters. The maximum absolute atomic E-state index is 14.0. The first-order valence-corrected chi connectivity index (χ1v) is 10.3. The lowest BCUT2D eigenvalue weighted by Gasteiger charge is -2.18. The number of carbonyl (C=O) groups is 1. The van der Waals surface area contributed by atoms with E-state index in [0.717, 1.165) is 30.8 Å². The van der Waals surface area contributed by atoms with Crippen LogP contribution in [0, 0.1) is 11.3 Å². The van der Waals surface area contributed by atoms with Gasteiger partial charge in [-0.15, -0.1) is 0 Å². The fourth-order valence-electron chi connectivity index (χ4n) is 3.42. The van der Waals surface area contributed by atoms with Crippen molar-refractivity contribution in [3.05, 3.63) is 41.0 Å². The van der Waals surface area contributed by atoms with Gasteiger partial charge in [0, 0.05) is 31.4 Å². The molecule has 1 fully saturated rings. The second-order valence-electron chi connectivity index (χ2n) is 7.92. The van der Waals surface area contributed by atoms with E-state index in [1.165, 1.54) is 12.3 Å². The average molecular weight is 519 g/mol. The lowest BCUT2D eigenvalue weighted by Crippen LogP contribution is -2.34. The van der Waals surface area contributed by atoms with Gasteiger partial charge in [0.05, 0.1) is 11.8 Å². The first kappa shape index (κ1) is 25.1. The van der Waals surface area contributed by atoms with E-state index >= 15 is 0 Å². The van der Waals surface area contributed by atoms with Gasteiger partial charge < -0.3 is 15.4 Å². The van der Waals surface area contributed by atoms with Crippen LogP contribution in [-0.4, -0.2) is 50.8 Å². The minimum Gasteiger partial charge on any atom is -0.428 e. The van der Waals surface area contributed by atoms with Crippen LogP contribution in [0.4, 0.5) is 30.7 Å². The Balaban J connectivity index is 1.74. The van der Waals surface area contributed by atoms with Gasteiger partial charge in [-0.2, -0.15) is 46.2 Å². The number of nitrogens with zero attached hydrogens (tertiary/aromatic N) is 5. The number of hydrogen-bond acceptors (Lipinski definition) is 6. The van der Waals surface area contributed by atoms with Crippen molar-refractivity contribution in [3.63, 3.8) is 0 Å². The molecule has 0 unspecified atom stereocenters. The smallest absolute Gasteiger partial charge is 0.428 e. The second-order valence-corrected chi connectivity index (χ2v) is 7.92. The summed E-state index contributed by atoms with van der Waals surface area (Å²) in [6, 6.07) is 1.88. The zero-order valence-electron chi connectivity index (χ0n) is 18.2. The van der Waals surface area contributed by atoms with Crippen LogP contribution in [0.5, 0.6) is 5.75 Å². The van der Waals surface area contributed by atoms with Crippen molar-refractivity contribution in [3.8, 4) is 17.6 Å². The van der Waals surface area contributed by atoms with Crippen molar-refractivity contribution in [2.24, 2.45) is 7.05 Å². The van der Waals surface area contributed by atoms with E-state index in [2.05, 4.69) is 25.6 Å². The number of aryl methyl sites for hydroxylation is 1. The highest BCUT2D eigenvalue weighted by molar-refractivity contribution is 6.00. The molecule has 192 valence electrons. The summed E-state index contributed by atoms with van der Waals surface area (Å²) in [5.41, 5.74) is -1.34. The van der Waals surface area contributed by atoms with Gasteiger partial charge in [-0.05, 0) is 24.5 Å². The van der Waals surface area contributed by atoms with Crippen molar-refractivity contribution >= 4 is 11.5 Å². The third kappa shape index (κ3) is 4.60. The Morgan fingerprint density at radius 2 is 2.00 bits per heavy atom. The largest absolute Gasteiger partial charge is 0.459 e. The molecule has 2 N–H and O–H groups in total. The predicted molar refractivity (Wildman–Crippen MR) is 107 cm³/mol. The molecule has 1 amide bonds. The van der Waals surface area contributed by atoms with Crippen molar-refractivity contribution < 1.29 is 40.3 Å². The summed E-state index contributed by atoms with van der Waals surface area (Å²) in [7, 11) is 0.953. The van der Waals surface area contributed by atoms with E-state index in [1.54, 1.807) is 0 Å². The Labute approximate surface area is 197 Å². The maximum atomic E-state index is 14.0. The Kier molecular flexibility index (Phi) is 6.18. The topological polar surface area (TPSA) is 110 Å². The molecule has 2 aromatic heterocycles. The van der Waals surface area contributed by atoms with Crippen molar-refractivity contribution in [1.82, 2.24) is 30.2 Å². The van der Waals surface area contributed by atoms with Gasteiger partial charge in [-0.1, -0.05) is 0 Å². The number of dihydropyridines is 1. The number of carbonyl (C=O) groups excluding carboxylic acids is 1. The molecule has 1 aliphatic heterocycles. The van der Waals surface area contributed by atoms with E-state index in [1.807, 2.05) is 6.07 Å². The molecule has 0 radical (unpaired) electrons. The van der Waals surface area contributed by atoms with E-state index in [9.17, 15) is 40.8 Å². The van der Waals surface area contributed by atoms with Crippen LogP contribution in [-0.2, 0) is 17.8 Å². The molecule has 0 saturated heterocycles. The first-order chi connectivity index (χ1) is 16.8. The minimum atomic E-state index is -6.13. The van der Waals surface area contributed by atoms with Gasteiger partial charge in [0.2, 0.25) is 0 Å². The normalized spacial score (nSPS) is 16.5. The summed E-state index contributed by atoms with van der Waals surface area (Å²) < 4.78 is 98.0. The number of halogens is 7. The summed E-state index contributed by atoms with van der Waals surface area (Å²) >= 11 is 0. The first-order valence-electron chi connectivity index (χ1n) is 10.3. The van der Waals surface area contributed by atoms with E-state index in [4.69, 9.17) is 0 Å². The summed E-state index contributed by atoms with van der Waals surface area (Å²) in [6.45, 7) is -3.70. The van der Waals surface area contributed by atoms with Crippen LogP contribution in [0.2, 0.25) is 0 Å². The van der Waals surface area contributed by atoms with Crippen LogP contribution in [0.25, 0.3) is 11.4 Å². The van der Waals surface area contributed by atoms with Crippen LogP contribution < -0.4 is 15.4 Å². The van der Waals surface area contributed by atoms with E-state index < -0.39 is 41.9 Å². The quantitative estimate of drug-likeness (QED) is 0.545. The molecule has 4 rings (SSSR count). The molecule has 0 aromatic carbocycles. The maximum Gasteiger partial charge on any atom is 0.459 e. The Hall–Kier alpha value is -4.03. The van der Waals surface area contributed by atoms with Crippen LogP contribution in [0.3, 0.4) is 0 Å². The number of nitrogens with one attached hydrogen (secondary N) is 2. The fourth-order valence-corrected chi connectivity index (χ4v) is 3.42. The second kappa shape index (κ2) is 8.88. The molecule has 36 heavy (non-hydrogen) atoms. The summed E-state index contributed by atoms with van der Waals surface area (Å²) in [5, 5.41) is 21.8. The molecular formula is C20H16F7N7O2. The zero-order chi connectivity index (χ0) is 26.4. The highest BCUT2D eigenvalue weighted by Gasteiger charge is 2.62. The number of allylic oxidation sites excluding steroid dienone is 1. The number of amides is 1. The molecule has 16 heteroatoms. The van der Waals surface area contributed by atoms with Crippen molar-refractivity contribution in [2.45, 2.75) is 37.6 Å².